The van der Waals surface area contributed by atoms with E-state index in [1.165, 1.54) is 77.0 Å². The number of amides is 1. The lowest BCUT2D eigenvalue weighted by molar-refractivity contribution is -0.132. The number of rotatable bonds is 17. The molecule has 0 spiro atoms. The summed E-state index contributed by atoms with van der Waals surface area (Å²) < 4.78 is 0. The van der Waals surface area contributed by atoms with Crippen LogP contribution < -0.4 is 0 Å². The van der Waals surface area contributed by atoms with E-state index in [-0.39, 0.29) is 18.6 Å². The Bertz CT molecular complexity index is 381. The summed E-state index contributed by atoms with van der Waals surface area (Å²) in [6.45, 7) is 3.24. The number of hydrogen-bond donors (Lipinski definition) is 1. The van der Waals surface area contributed by atoms with Crippen LogP contribution in [0.2, 0.25) is 0 Å². The number of unbranched alkanes of at least 4 members (excludes halogenated alkanes) is 12. The molecule has 0 aromatic rings. The Morgan fingerprint density at radius 2 is 1.44 bits per heavy atom. The normalized spacial score (nSPS) is 17.3. The van der Waals surface area contributed by atoms with Crippen LogP contribution in [0.15, 0.2) is 12.2 Å². The van der Waals surface area contributed by atoms with Crippen LogP contribution in [0.5, 0.6) is 0 Å². The summed E-state index contributed by atoms with van der Waals surface area (Å²) in [6, 6.07) is 0.0895. The van der Waals surface area contributed by atoms with E-state index in [9.17, 15) is 9.90 Å². The molecule has 0 aromatic heterocycles. The van der Waals surface area contributed by atoms with Crippen LogP contribution in [0.1, 0.15) is 116 Å². The third kappa shape index (κ3) is 12.3. The number of aliphatic hydroxyl groups excluding tert-OH is 1. The lowest BCUT2D eigenvalue weighted by Gasteiger charge is -2.22. The molecule has 1 aliphatic heterocycles. The van der Waals surface area contributed by atoms with E-state index in [1.807, 2.05) is 4.90 Å². The third-order valence-corrected chi connectivity index (χ3v) is 5.81. The van der Waals surface area contributed by atoms with Gasteiger partial charge in [0, 0.05) is 13.0 Å². The number of carbonyl (C=O) groups is 1. The van der Waals surface area contributed by atoms with E-state index in [0.29, 0.717) is 6.42 Å². The molecule has 1 aliphatic rings. The van der Waals surface area contributed by atoms with Crippen molar-refractivity contribution in [2.75, 3.05) is 13.2 Å². The summed E-state index contributed by atoms with van der Waals surface area (Å²) in [5, 5.41) is 9.30. The smallest absolute Gasteiger partial charge is 0.222 e. The molecular formula is C24H45NO2. The molecule has 1 heterocycles. The first-order valence-corrected chi connectivity index (χ1v) is 11.8. The molecule has 27 heavy (non-hydrogen) atoms. The summed E-state index contributed by atoms with van der Waals surface area (Å²) in [7, 11) is 0. The van der Waals surface area contributed by atoms with Crippen molar-refractivity contribution in [2.45, 2.75) is 122 Å². The van der Waals surface area contributed by atoms with Gasteiger partial charge in [0.2, 0.25) is 5.91 Å². The molecule has 0 aliphatic carbocycles. The zero-order valence-corrected chi connectivity index (χ0v) is 18.0. The SMILES string of the molecule is CCCCCCCC/C=C\CCCCCCCCC(=O)N1CCC[C@H]1CO. The zero-order valence-electron chi connectivity index (χ0n) is 18.0. The number of carbonyl (C=O) groups excluding carboxylic acids is 1. The molecule has 158 valence electrons. The molecule has 1 fully saturated rings. The van der Waals surface area contributed by atoms with E-state index < -0.39 is 0 Å². The maximum absolute atomic E-state index is 12.2. The Kier molecular flexibility index (Phi) is 15.5. The monoisotopic (exact) mass is 379 g/mol. The highest BCUT2D eigenvalue weighted by molar-refractivity contribution is 5.76. The first-order chi connectivity index (χ1) is 13.3. The molecule has 0 bridgehead atoms. The molecule has 0 unspecified atom stereocenters. The largest absolute Gasteiger partial charge is 0.394 e. The summed E-state index contributed by atoms with van der Waals surface area (Å²) in [5.41, 5.74) is 0. The average molecular weight is 380 g/mol. The maximum atomic E-state index is 12.2. The molecule has 1 amide bonds. The van der Waals surface area contributed by atoms with Crippen molar-refractivity contribution in [3.63, 3.8) is 0 Å². The van der Waals surface area contributed by atoms with Crippen molar-refractivity contribution in [3.05, 3.63) is 12.2 Å². The van der Waals surface area contributed by atoms with Crippen LogP contribution in [0.4, 0.5) is 0 Å². The van der Waals surface area contributed by atoms with Gasteiger partial charge in [-0.25, -0.2) is 0 Å². The van der Waals surface area contributed by atoms with E-state index in [2.05, 4.69) is 19.1 Å². The highest BCUT2D eigenvalue weighted by Crippen LogP contribution is 2.19. The van der Waals surface area contributed by atoms with Crippen LogP contribution in [0, 0.1) is 0 Å². The van der Waals surface area contributed by atoms with Gasteiger partial charge in [-0.3, -0.25) is 4.79 Å². The van der Waals surface area contributed by atoms with Gasteiger partial charge in [-0.05, 0) is 44.9 Å². The lowest BCUT2D eigenvalue weighted by Crippen LogP contribution is -2.37. The quantitative estimate of drug-likeness (QED) is 0.235. The van der Waals surface area contributed by atoms with Gasteiger partial charge in [0.05, 0.1) is 12.6 Å². The fourth-order valence-electron chi connectivity index (χ4n) is 4.02. The van der Waals surface area contributed by atoms with Crippen molar-refractivity contribution in [1.82, 2.24) is 4.90 Å². The van der Waals surface area contributed by atoms with Crippen molar-refractivity contribution < 1.29 is 9.90 Å². The lowest BCUT2D eigenvalue weighted by atomic mass is 10.1. The van der Waals surface area contributed by atoms with Crippen molar-refractivity contribution in [2.24, 2.45) is 0 Å². The highest BCUT2D eigenvalue weighted by Gasteiger charge is 2.27. The number of likely N-dealkylation sites (tertiary alicyclic amines) is 1. The van der Waals surface area contributed by atoms with Crippen LogP contribution in [0.3, 0.4) is 0 Å². The molecule has 0 radical (unpaired) electrons. The minimum atomic E-state index is 0.0895. The van der Waals surface area contributed by atoms with Gasteiger partial charge in [-0.15, -0.1) is 0 Å². The predicted molar refractivity (Wildman–Crippen MR) is 116 cm³/mol. The Morgan fingerprint density at radius 1 is 0.889 bits per heavy atom. The third-order valence-electron chi connectivity index (χ3n) is 5.81. The molecule has 0 saturated carbocycles. The minimum absolute atomic E-state index is 0.0895. The highest BCUT2D eigenvalue weighted by atomic mass is 16.3. The summed E-state index contributed by atoms with van der Waals surface area (Å²) in [5.74, 6) is 0.252. The summed E-state index contributed by atoms with van der Waals surface area (Å²) in [6.07, 6.45) is 25.6. The maximum Gasteiger partial charge on any atom is 0.222 e. The number of allylic oxidation sites excluding steroid dienone is 2. The second kappa shape index (κ2) is 17.3. The fraction of sp³-hybridized carbons (Fsp3) is 0.875. The number of aliphatic hydroxyl groups is 1. The van der Waals surface area contributed by atoms with Gasteiger partial charge in [-0.2, -0.15) is 0 Å². The van der Waals surface area contributed by atoms with Crippen LogP contribution in [-0.4, -0.2) is 35.1 Å². The molecule has 1 saturated heterocycles. The Balaban J connectivity index is 1.82. The predicted octanol–water partition coefficient (Wildman–Crippen LogP) is 6.40. The van der Waals surface area contributed by atoms with Gasteiger partial charge in [0.1, 0.15) is 0 Å². The first-order valence-electron chi connectivity index (χ1n) is 11.8. The van der Waals surface area contributed by atoms with E-state index in [4.69, 9.17) is 0 Å². The summed E-state index contributed by atoms with van der Waals surface area (Å²) in [4.78, 5) is 14.1. The minimum Gasteiger partial charge on any atom is -0.394 e. The molecule has 1 N–H and O–H groups in total. The van der Waals surface area contributed by atoms with E-state index in [1.54, 1.807) is 0 Å². The first kappa shape index (κ1) is 24.2. The molecular weight excluding hydrogens is 334 g/mol. The van der Waals surface area contributed by atoms with E-state index in [0.717, 1.165) is 32.2 Å². The Labute approximate surface area is 168 Å². The molecule has 3 heteroatoms. The standard InChI is InChI=1S/C24H45NO2/c1-2-3-4-5-6-7-8-9-10-11-12-13-14-15-16-17-20-24(27)25-21-18-19-23(25)22-26/h9-10,23,26H,2-8,11-22H2,1H3/b10-9-/t23-/m0/s1. The average Bonchev–Trinajstić information content (AvgIpc) is 3.16. The fourth-order valence-corrected chi connectivity index (χ4v) is 4.02. The van der Waals surface area contributed by atoms with Crippen molar-refractivity contribution in [3.8, 4) is 0 Å². The molecule has 3 nitrogen and oxygen atoms in total. The van der Waals surface area contributed by atoms with E-state index >= 15 is 0 Å². The van der Waals surface area contributed by atoms with Crippen LogP contribution in [-0.2, 0) is 4.79 Å². The van der Waals surface area contributed by atoms with Crippen LogP contribution in [0.25, 0.3) is 0 Å². The second-order valence-corrected chi connectivity index (χ2v) is 8.25. The Hall–Kier alpha value is -0.830. The Morgan fingerprint density at radius 3 is 2.04 bits per heavy atom. The van der Waals surface area contributed by atoms with Gasteiger partial charge < -0.3 is 10.0 Å². The zero-order chi connectivity index (χ0) is 19.6. The van der Waals surface area contributed by atoms with Crippen LogP contribution >= 0.6 is 0 Å². The molecule has 1 rings (SSSR count). The van der Waals surface area contributed by atoms with Crippen molar-refractivity contribution in [1.29, 1.82) is 0 Å². The molecule has 1 atom stereocenters. The van der Waals surface area contributed by atoms with Gasteiger partial charge >= 0.3 is 0 Å². The topological polar surface area (TPSA) is 40.5 Å². The number of hydrogen-bond acceptors (Lipinski definition) is 2. The molecule has 0 aromatic carbocycles. The number of nitrogens with zero attached hydrogens (tertiary/aromatic N) is 1. The van der Waals surface area contributed by atoms with Crippen molar-refractivity contribution >= 4 is 5.91 Å². The van der Waals surface area contributed by atoms with Gasteiger partial charge in [0.15, 0.2) is 0 Å². The summed E-state index contributed by atoms with van der Waals surface area (Å²) >= 11 is 0. The second-order valence-electron chi connectivity index (χ2n) is 8.25. The van der Waals surface area contributed by atoms with Gasteiger partial charge in [-0.1, -0.05) is 76.9 Å². The van der Waals surface area contributed by atoms with Gasteiger partial charge in [0.25, 0.3) is 0 Å².